The zero-order valence-electron chi connectivity index (χ0n) is 28.6. The lowest BCUT2D eigenvalue weighted by molar-refractivity contribution is 0.712. The van der Waals surface area contributed by atoms with Gasteiger partial charge in [-0.15, -0.1) is 0 Å². The lowest BCUT2D eigenvalue weighted by Gasteiger charge is -2.40. The molecule has 1 atom stereocenters. The Kier molecular flexibility index (Phi) is 5.89. The van der Waals surface area contributed by atoms with E-state index in [2.05, 4.69) is 140 Å². The van der Waals surface area contributed by atoms with Crippen LogP contribution in [0.25, 0.3) is 71.2 Å². The lowest BCUT2D eigenvalue weighted by atomic mass is 9.67. The number of aromatic nitrogens is 5. The van der Waals surface area contributed by atoms with Gasteiger partial charge in [0.25, 0.3) is 0 Å². The van der Waals surface area contributed by atoms with Gasteiger partial charge in [-0.2, -0.15) is 0 Å². The highest BCUT2D eigenvalue weighted by Gasteiger charge is 2.53. The van der Waals surface area contributed by atoms with Crippen molar-refractivity contribution >= 4 is 61.1 Å². The van der Waals surface area contributed by atoms with Crippen LogP contribution in [-0.4, -0.2) is 24.1 Å². The monoisotopic (exact) mass is 706 g/mol. The van der Waals surface area contributed by atoms with Crippen LogP contribution in [0.2, 0.25) is 0 Å². The van der Waals surface area contributed by atoms with Crippen molar-refractivity contribution in [2.24, 2.45) is 0 Å². The van der Waals surface area contributed by atoms with Gasteiger partial charge in [0.15, 0.2) is 5.69 Å². The summed E-state index contributed by atoms with van der Waals surface area (Å²) in [5.41, 5.74) is 12.6. The molecule has 5 aromatic carbocycles. The molecule has 1 aliphatic carbocycles. The predicted molar refractivity (Wildman–Crippen MR) is 216 cm³/mol. The second-order valence-corrected chi connectivity index (χ2v) is 15.0. The highest BCUT2D eigenvalue weighted by molar-refractivity contribution is 7.99. The Morgan fingerprint density at radius 1 is 0.537 bits per heavy atom. The van der Waals surface area contributed by atoms with Crippen LogP contribution in [0.15, 0.2) is 168 Å². The largest absolute Gasteiger partial charge is 0.309 e. The minimum atomic E-state index is -0.749. The molecule has 6 heterocycles. The Balaban J connectivity index is 1.24. The topological polar surface area (TPSA) is 52.9 Å². The van der Waals surface area contributed by atoms with Crippen LogP contribution >= 0.6 is 11.8 Å². The van der Waals surface area contributed by atoms with E-state index < -0.39 is 5.41 Å². The van der Waals surface area contributed by atoms with Crippen molar-refractivity contribution in [2.75, 3.05) is 0 Å². The number of hydrogen-bond acceptors (Lipinski definition) is 4. The zero-order chi connectivity index (χ0) is 35.5. The second-order valence-electron chi connectivity index (χ2n) is 13.9. The molecule has 0 radical (unpaired) electrons. The summed E-state index contributed by atoms with van der Waals surface area (Å²) in [5.74, 6) is 0. The van der Waals surface area contributed by atoms with E-state index >= 15 is 0 Å². The molecule has 5 aromatic heterocycles. The van der Waals surface area contributed by atoms with Crippen LogP contribution in [0.3, 0.4) is 0 Å². The molecule has 1 aliphatic heterocycles. The third-order valence-corrected chi connectivity index (χ3v) is 12.5. The molecule has 7 heteroatoms. The molecule has 0 bridgehead atoms. The van der Waals surface area contributed by atoms with Crippen molar-refractivity contribution in [3.8, 4) is 22.8 Å². The van der Waals surface area contributed by atoms with Gasteiger partial charge in [0.1, 0.15) is 0 Å². The first-order valence-electron chi connectivity index (χ1n) is 17.9. The number of fused-ring (bicyclic) bond motifs is 15. The van der Waals surface area contributed by atoms with Crippen molar-refractivity contribution in [1.82, 2.24) is 24.1 Å². The number of nitrogens with zero attached hydrogens (tertiary/aromatic N) is 6. The molecule has 0 saturated heterocycles. The van der Waals surface area contributed by atoms with Crippen LogP contribution < -0.4 is 0 Å². The van der Waals surface area contributed by atoms with Gasteiger partial charge in [-0.1, -0.05) is 84.6 Å². The molecule has 6 nitrogen and oxygen atoms in total. The molecule has 0 amide bonds. The van der Waals surface area contributed by atoms with Gasteiger partial charge >= 0.3 is 0 Å². The molecule has 12 rings (SSSR count). The zero-order valence-corrected chi connectivity index (χ0v) is 29.4. The maximum absolute atomic E-state index is 7.80. The molecular weight excluding hydrogens is 681 g/mol. The number of benzene rings is 5. The molecule has 1 unspecified atom stereocenters. The Morgan fingerprint density at radius 3 is 2.15 bits per heavy atom. The third kappa shape index (κ3) is 3.67. The lowest BCUT2D eigenvalue weighted by Crippen LogP contribution is -2.33. The van der Waals surface area contributed by atoms with Crippen molar-refractivity contribution < 1.29 is 0 Å². The summed E-state index contributed by atoms with van der Waals surface area (Å²) >= 11 is 1.82. The quantitative estimate of drug-likeness (QED) is 0.168. The van der Waals surface area contributed by atoms with Gasteiger partial charge in [0.05, 0.1) is 69.2 Å². The normalized spacial score (nSPS) is 15.4. The second kappa shape index (κ2) is 10.8. The fourth-order valence-corrected chi connectivity index (χ4v) is 10.5. The number of hydrogen-bond donors (Lipinski definition) is 0. The summed E-state index contributed by atoms with van der Waals surface area (Å²) in [6.07, 6.45) is 7.70. The predicted octanol–water partition coefficient (Wildman–Crippen LogP) is 11.4. The highest BCUT2D eigenvalue weighted by Crippen LogP contribution is 2.63. The molecule has 10 aromatic rings. The van der Waals surface area contributed by atoms with Gasteiger partial charge in [-0.05, 0) is 77.2 Å². The van der Waals surface area contributed by atoms with Crippen molar-refractivity contribution in [1.29, 1.82) is 0 Å². The van der Waals surface area contributed by atoms with E-state index in [1.165, 1.54) is 26.3 Å². The van der Waals surface area contributed by atoms with Crippen LogP contribution in [0.1, 0.15) is 22.3 Å². The number of para-hydroxylation sites is 2. The smallest absolute Gasteiger partial charge is 0.188 e. The van der Waals surface area contributed by atoms with Crippen LogP contribution in [-0.2, 0) is 5.41 Å². The number of pyridine rings is 3. The Labute approximate surface area is 313 Å². The molecule has 250 valence electrons. The number of rotatable bonds is 2. The van der Waals surface area contributed by atoms with E-state index in [1.807, 2.05) is 48.7 Å². The maximum atomic E-state index is 7.80. The summed E-state index contributed by atoms with van der Waals surface area (Å²) in [5, 5.41) is 4.51. The van der Waals surface area contributed by atoms with Crippen molar-refractivity contribution in [2.45, 2.75) is 15.2 Å². The Morgan fingerprint density at radius 2 is 1.26 bits per heavy atom. The van der Waals surface area contributed by atoms with Crippen LogP contribution in [0, 0.1) is 6.57 Å². The van der Waals surface area contributed by atoms with Gasteiger partial charge in [-0.3, -0.25) is 15.0 Å². The molecule has 0 saturated carbocycles. The highest BCUT2D eigenvalue weighted by atomic mass is 32.2. The third-order valence-electron chi connectivity index (χ3n) is 11.4. The van der Waals surface area contributed by atoms with Gasteiger partial charge in [0, 0.05) is 49.5 Å². The standard InChI is InChI=1S/C47H26N6S/c1-48-28-19-20-39-33(24-28)31-11-3-6-15-38(31)53(39)40-16-8-18-43-44(40)47(34-12-4-7-17-42(34)54-43)35-13-9-22-50-45(35)46-36(47)25-29(26-51-46)52-37-14-5-2-10-30(37)32-21-23-49-27-41(32)52/h2-27H. The average molecular weight is 707 g/mol. The van der Waals surface area contributed by atoms with Crippen LogP contribution in [0.5, 0.6) is 0 Å². The fourth-order valence-electron chi connectivity index (χ4n) is 9.32. The first kappa shape index (κ1) is 29.6. The van der Waals surface area contributed by atoms with E-state index in [4.69, 9.17) is 16.5 Å². The Bertz CT molecular complexity index is 3240. The molecular formula is C47H26N6S. The van der Waals surface area contributed by atoms with E-state index in [9.17, 15) is 0 Å². The van der Waals surface area contributed by atoms with E-state index in [-0.39, 0.29) is 0 Å². The minimum Gasteiger partial charge on any atom is -0.309 e. The minimum absolute atomic E-state index is 0.630. The first-order valence-corrected chi connectivity index (χ1v) is 18.7. The molecule has 1 spiro atoms. The Hall–Kier alpha value is -7.01. The van der Waals surface area contributed by atoms with Gasteiger partial charge in [-0.25, -0.2) is 4.85 Å². The summed E-state index contributed by atoms with van der Waals surface area (Å²) < 4.78 is 4.70. The molecule has 2 aliphatic rings. The van der Waals surface area contributed by atoms with Gasteiger partial charge in [0.2, 0.25) is 0 Å². The van der Waals surface area contributed by atoms with E-state index in [0.717, 1.165) is 72.1 Å². The first-order chi connectivity index (χ1) is 26.8. The van der Waals surface area contributed by atoms with Gasteiger partial charge < -0.3 is 9.13 Å². The van der Waals surface area contributed by atoms with Crippen molar-refractivity contribution in [3.63, 3.8) is 0 Å². The summed E-state index contributed by atoms with van der Waals surface area (Å²) in [7, 11) is 0. The molecule has 0 N–H and O–H groups in total. The summed E-state index contributed by atoms with van der Waals surface area (Å²) in [6.45, 7) is 7.80. The summed E-state index contributed by atoms with van der Waals surface area (Å²) in [4.78, 5) is 21.2. The van der Waals surface area contributed by atoms with Crippen LogP contribution in [0.4, 0.5) is 5.69 Å². The van der Waals surface area contributed by atoms with E-state index in [0.29, 0.717) is 5.69 Å². The fraction of sp³-hybridized carbons (Fsp3) is 0.0213. The average Bonchev–Trinajstić information content (AvgIpc) is 3.85. The summed E-state index contributed by atoms with van der Waals surface area (Å²) in [6, 6.07) is 47.4. The molecule has 0 fully saturated rings. The maximum Gasteiger partial charge on any atom is 0.188 e. The van der Waals surface area contributed by atoms with Crippen molar-refractivity contribution in [3.05, 3.63) is 192 Å². The van der Waals surface area contributed by atoms with E-state index in [1.54, 1.807) is 0 Å². The SMILES string of the molecule is [C-]#[N+]c1ccc2c(c1)c1ccccc1n2-c1cccc2c1C1(c3ccccc3S2)c2cccnc2-c2ncc(-n3c4ccccc4c4ccncc43)cc21. The molecule has 54 heavy (non-hydrogen) atoms.